The van der Waals surface area contributed by atoms with Gasteiger partial charge in [0, 0.05) is 21.8 Å². The zero-order chi connectivity index (χ0) is 20.1. The van der Waals surface area contributed by atoms with E-state index in [0.29, 0.717) is 5.02 Å². The number of aromatic nitrogens is 1. The van der Waals surface area contributed by atoms with Gasteiger partial charge < -0.3 is 4.74 Å². The second kappa shape index (κ2) is 6.68. The monoisotopic (exact) mass is 408 g/mol. The fourth-order valence-corrected chi connectivity index (χ4v) is 4.35. The van der Waals surface area contributed by atoms with Crippen molar-refractivity contribution >= 4 is 39.7 Å². The predicted octanol–water partition coefficient (Wildman–Crippen LogP) is 7.86. The van der Waals surface area contributed by atoms with Crippen molar-refractivity contribution in [3.63, 3.8) is 0 Å². The summed E-state index contributed by atoms with van der Waals surface area (Å²) in [6.07, 6.45) is 0. The van der Waals surface area contributed by atoms with E-state index in [-0.39, 0.29) is 0 Å². The van der Waals surface area contributed by atoms with Gasteiger partial charge in [0.2, 0.25) is 0 Å². The number of hydrogen-bond donors (Lipinski definition) is 0. The smallest absolute Gasteiger partial charge is 0.178 e. The van der Waals surface area contributed by atoms with E-state index in [0.717, 1.165) is 45.3 Å². The highest BCUT2D eigenvalue weighted by Gasteiger charge is 2.32. The Morgan fingerprint density at radius 1 is 0.667 bits per heavy atom. The molecule has 0 saturated carbocycles. The Balaban J connectivity index is 1.75. The van der Waals surface area contributed by atoms with E-state index in [2.05, 4.69) is 64.1 Å². The molecule has 0 atom stereocenters. The molecule has 0 saturated heterocycles. The van der Waals surface area contributed by atoms with Crippen LogP contribution < -0.4 is 9.64 Å². The van der Waals surface area contributed by atoms with Crippen LogP contribution in [-0.2, 0) is 0 Å². The third-order valence-electron chi connectivity index (χ3n) is 5.42. The van der Waals surface area contributed by atoms with Gasteiger partial charge in [-0.05, 0) is 54.6 Å². The molecular weight excluding hydrogens is 392 g/mol. The Morgan fingerprint density at radius 2 is 1.40 bits per heavy atom. The Morgan fingerprint density at radius 3 is 2.27 bits per heavy atom. The molecule has 4 heteroatoms. The van der Waals surface area contributed by atoms with E-state index in [9.17, 15) is 0 Å². The molecule has 0 N–H and O–H groups in total. The Kier molecular flexibility index (Phi) is 3.83. The van der Waals surface area contributed by atoms with Gasteiger partial charge in [0.15, 0.2) is 17.3 Å². The lowest BCUT2D eigenvalue weighted by Crippen LogP contribution is -2.18. The lowest BCUT2D eigenvalue weighted by atomic mass is 10.1. The molecule has 0 fully saturated rings. The standard InChI is InChI=1S/C26H17ClN2O/c27-18-9-8-12-20(17-18)29-23-15-6-7-16-24(23)30-25-21-13-4-5-14-22(21)28(26(25)29)19-10-2-1-3-11-19/h1-17H. The first kappa shape index (κ1) is 17.2. The summed E-state index contributed by atoms with van der Waals surface area (Å²) < 4.78 is 8.73. The Bertz CT molecular complexity index is 1390. The van der Waals surface area contributed by atoms with Crippen LogP contribution in [0.15, 0.2) is 103 Å². The summed E-state index contributed by atoms with van der Waals surface area (Å²) in [5, 5.41) is 1.76. The lowest BCUT2D eigenvalue weighted by Gasteiger charge is -2.32. The number of halogens is 1. The predicted molar refractivity (Wildman–Crippen MR) is 123 cm³/mol. The molecule has 30 heavy (non-hydrogen) atoms. The van der Waals surface area contributed by atoms with E-state index >= 15 is 0 Å². The number of rotatable bonds is 2. The molecule has 0 spiro atoms. The van der Waals surface area contributed by atoms with Crippen LogP contribution in [0.1, 0.15) is 0 Å². The van der Waals surface area contributed by atoms with Crippen molar-refractivity contribution < 1.29 is 4.74 Å². The van der Waals surface area contributed by atoms with Crippen molar-refractivity contribution in [3.05, 3.63) is 108 Å². The van der Waals surface area contributed by atoms with Gasteiger partial charge in [-0.3, -0.25) is 9.47 Å². The van der Waals surface area contributed by atoms with E-state index in [1.165, 1.54) is 0 Å². The number of ether oxygens (including phenoxy) is 1. The molecular formula is C26H17ClN2O. The molecule has 0 unspecified atom stereocenters. The van der Waals surface area contributed by atoms with E-state index < -0.39 is 0 Å². The van der Waals surface area contributed by atoms with Crippen LogP contribution in [0.4, 0.5) is 17.2 Å². The van der Waals surface area contributed by atoms with Crippen molar-refractivity contribution in [2.75, 3.05) is 4.90 Å². The first-order chi connectivity index (χ1) is 14.8. The van der Waals surface area contributed by atoms with Gasteiger partial charge in [0.25, 0.3) is 0 Å². The Labute approximate surface area is 179 Å². The SMILES string of the molecule is Clc1cccc(N2c3ccccc3Oc3c2n(-c2ccccc2)c2ccccc32)c1. The average Bonchev–Trinajstić information content (AvgIpc) is 3.12. The molecule has 144 valence electrons. The molecule has 0 aliphatic carbocycles. The van der Waals surface area contributed by atoms with Crippen molar-refractivity contribution in [1.29, 1.82) is 0 Å². The molecule has 0 bridgehead atoms. The van der Waals surface area contributed by atoms with E-state index in [4.69, 9.17) is 16.3 Å². The van der Waals surface area contributed by atoms with Crippen LogP contribution in [0.5, 0.6) is 11.5 Å². The number of fused-ring (bicyclic) bond motifs is 4. The number of benzene rings is 4. The highest BCUT2D eigenvalue weighted by atomic mass is 35.5. The van der Waals surface area contributed by atoms with Crippen LogP contribution in [0.2, 0.25) is 5.02 Å². The van der Waals surface area contributed by atoms with Gasteiger partial charge in [-0.15, -0.1) is 0 Å². The summed E-state index contributed by atoms with van der Waals surface area (Å²) in [7, 11) is 0. The number of para-hydroxylation sites is 4. The molecule has 5 aromatic rings. The maximum atomic E-state index is 6.48. The van der Waals surface area contributed by atoms with Crippen molar-refractivity contribution in [1.82, 2.24) is 4.57 Å². The summed E-state index contributed by atoms with van der Waals surface area (Å²) in [6, 6.07) is 34.7. The van der Waals surface area contributed by atoms with Gasteiger partial charge in [0.05, 0.1) is 11.2 Å². The van der Waals surface area contributed by atoms with Crippen LogP contribution in [0, 0.1) is 0 Å². The molecule has 1 aromatic heterocycles. The molecule has 4 aromatic carbocycles. The second-order valence-electron chi connectivity index (χ2n) is 7.23. The number of hydrogen-bond acceptors (Lipinski definition) is 2. The molecule has 2 heterocycles. The van der Waals surface area contributed by atoms with Gasteiger partial charge in [-0.2, -0.15) is 0 Å². The third-order valence-corrected chi connectivity index (χ3v) is 5.65. The van der Waals surface area contributed by atoms with Gasteiger partial charge >= 0.3 is 0 Å². The third kappa shape index (κ3) is 2.53. The van der Waals surface area contributed by atoms with Crippen molar-refractivity contribution in [2.45, 2.75) is 0 Å². The van der Waals surface area contributed by atoms with Gasteiger partial charge in [0.1, 0.15) is 0 Å². The summed E-state index contributed by atoms with van der Waals surface area (Å²) >= 11 is 6.39. The average molecular weight is 409 g/mol. The van der Waals surface area contributed by atoms with Crippen LogP contribution in [0.25, 0.3) is 16.6 Å². The fraction of sp³-hybridized carbons (Fsp3) is 0. The summed E-state index contributed by atoms with van der Waals surface area (Å²) in [5.41, 5.74) is 4.13. The first-order valence-corrected chi connectivity index (χ1v) is 10.2. The second-order valence-corrected chi connectivity index (χ2v) is 7.66. The number of nitrogens with zero attached hydrogens (tertiary/aromatic N) is 2. The molecule has 1 aliphatic rings. The van der Waals surface area contributed by atoms with Crippen molar-refractivity contribution in [2.24, 2.45) is 0 Å². The molecule has 0 amide bonds. The van der Waals surface area contributed by atoms with Gasteiger partial charge in [-0.1, -0.05) is 60.1 Å². The molecule has 1 aliphatic heterocycles. The maximum Gasteiger partial charge on any atom is 0.178 e. The van der Waals surface area contributed by atoms with Crippen molar-refractivity contribution in [3.8, 4) is 17.2 Å². The first-order valence-electron chi connectivity index (χ1n) is 9.83. The normalized spacial score (nSPS) is 12.4. The zero-order valence-corrected chi connectivity index (χ0v) is 16.8. The summed E-state index contributed by atoms with van der Waals surface area (Å²) in [4.78, 5) is 2.23. The minimum atomic E-state index is 0.695. The Hall–Kier alpha value is -3.69. The quantitative estimate of drug-likeness (QED) is 0.290. The van der Waals surface area contributed by atoms with E-state index in [1.807, 2.05) is 48.5 Å². The highest BCUT2D eigenvalue weighted by molar-refractivity contribution is 6.30. The maximum absolute atomic E-state index is 6.48. The summed E-state index contributed by atoms with van der Waals surface area (Å²) in [5.74, 6) is 2.62. The molecule has 3 nitrogen and oxygen atoms in total. The van der Waals surface area contributed by atoms with Gasteiger partial charge in [-0.25, -0.2) is 0 Å². The fourth-order valence-electron chi connectivity index (χ4n) is 4.17. The van der Waals surface area contributed by atoms with E-state index in [1.54, 1.807) is 0 Å². The molecule has 0 radical (unpaired) electrons. The largest absolute Gasteiger partial charge is 0.451 e. The minimum absolute atomic E-state index is 0.695. The summed E-state index contributed by atoms with van der Waals surface area (Å²) in [6.45, 7) is 0. The lowest BCUT2D eigenvalue weighted by molar-refractivity contribution is 0.481. The van der Waals surface area contributed by atoms with Crippen LogP contribution in [-0.4, -0.2) is 4.57 Å². The highest BCUT2D eigenvalue weighted by Crippen LogP contribution is 2.55. The number of anilines is 3. The molecule has 6 rings (SSSR count). The van der Waals surface area contributed by atoms with Crippen LogP contribution in [0.3, 0.4) is 0 Å². The van der Waals surface area contributed by atoms with Crippen LogP contribution >= 0.6 is 11.6 Å². The zero-order valence-electron chi connectivity index (χ0n) is 16.0. The topological polar surface area (TPSA) is 17.4 Å². The minimum Gasteiger partial charge on any atom is -0.451 e.